The number of hydrogen-bond donors (Lipinski definition) is 1. The van der Waals surface area contributed by atoms with Crippen LogP contribution >= 0.6 is 0 Å². The molecule has 0 aliphatic carbocycles. The number of hydrogen-bond acceptors (Lipinski definition) is 6. The first-order valence-electron chi connectivity index (χ1n) is 5.52. The van der Waals surface area contributed by atoms with E-state index >= 15 is 0 Å². The molecule has 0 aliphatic rings. The molecule has 0 radical (unpaired) electrons. The molecule has 1 N–H and O–H groups in total. The molecule has 0 spiro atoms. The van der Waals surface area contributed by atoms with Gasteiger partial charge in [0.1, 0.15) is 0 Å². The lowest BCUT2D eigenvalue weighted by Gasteiger charge is -2.03. The van der Waals surface area contributed by atoms with E-state index in [1.165, 1.54) is 37.4 Å². The van der Waals surface area contributed by atoms with Gasteiger partial charge in [-0.25, -0.2) is 8.42 Å². The van der Waals surface area contributed by atoms with Crippen molar-refractivity contribution in [3.63, 3.8) is 0 Å². The Morgan fingerprint density at radius 1 is 1.30 bits per heavy atom. The van der Waals surface area contributed by atoms with Gasteiger partial charge in [0, 0.05) is 11.9 Å². The molecular weight excluding hydrogens is 284 g/mol. The summed E-state index contributed by atoms with van der Waals surface area (Å²) in [6.07, 6.45) is 1.11. The molecule has 1 amide bonds. The standard InChI is InChI=1S/C12H12N2O5S/c1-18-11-7-10(19-14-11)12(15)13-8-3-5-9(6-4-8)20(2,16)17/h3-7H,1-2H3,(H,13,15). The molecule has 20 heavy (non-hydrogen) atoms. The Morgan fingerprint density at radius 3 is 2.45 bits per heavy atom. The van der Waals surface area contributed by atoms with E-state index in [0.29, 0.717) is 5.69 Å². The molecule has 106 valence electrons. The molecule has 2 aromatic rings. The average molecular weight is 296 g/mol. The van der Waals surface area contributed by atoms with Crippen LogP contribution in [0.5, 0.6) is 5.88 Å². The lowest BCUT2D eigenvalue weighted by molar-refractivity contribution is 0.0987. The summed E-state index contributed by atoms with van der Waals surface area (Å²) in [7, 11) is -1.85. The number of anilines is 1. The lowest BCUT2D eigenvalue weighted by Crippen LogP contribution is -2.11. The monoisotopic (exact) mass is 296 g/mol. The molecule has 0 bridgehead atoms. The fourth-order valence-electron chi connectivity index (χ4n) is 1.44. The van der Waals surface area contributed by atoms with Crippen molar-refractivity contribution in [3.05, 3.63) is 36.1 Å². The minimum absolute atomic E-state index is 0.00552. The van der Waals surface area contributed by atoms with Gasteiger partial charge in [-0.3, -0.25) is 4.79 Å². The number of carbonyl (C=O) groups excluding carboxylic acids is 1. The van der Waals surface area contributed by atoms with E-state index in [1.54, 1.807) is 0 Å². The third kappa shape index (κ3) is 3.15. The maximum Gasteiger partial charge on any atom is 0.294 e. The van der Waals surface area contributed by atoms with Gasteiger partial charge in [-0.15, -0.1) is 0 Å². The Bertz CT molecular complexity index is 719. The van der Waals surface area contributed by atoms with E-state index in [-0.39, 0.29) is 16.5 Å². The van der Waals surface area contributed by atoms with Crippen molar-refractivity contribution in [1.29, 1.82) is 0 Å². The molecule has 0 saturated heterocycles. The van der Waals surface area contributed by atoms with Crippen LogP contribution in [-0.4, -0.2) is 32.8 Å². The number of aromatic nitrogens is 1. The number of benzene rings is 1. The minimum atomic E-state index is -3.26. The van der Waals surface area contributed by atoms with Crippen LogP contribution < -0.4 is 10.1 Å². The van der Waals surface area contributed by atoms with E-state index in [4.69, 9.17) is 9.26 Å². The fourth-order valence-corrected chi connectivity index (χ4v) is 2.07. The van der Waals surface area contributed by atoms with E-state index in [1.807, 2.05) is 0 Å². The van der Waals surface area contributed by atoms with Crippen molar-refractivity contribution in [2.75, 3.05) is 18.7 Å². The van der Waals surface area contributed by atoms with Gasteiger partial charge in [0.15, 0.2) is 9.84 Å². The molecule has 0 atom stereocenters. The van der Waals surface area contributed by atoms with E-state index < -0.39 is 15.7 Å². The quantitative estimate of drug-likeness (QED) is 0.914. The van der Waals surface area contributed by atoms with Crippen LogP contribution in [0.25, 0.3) is 0 Å². The highest BCUT2D eigenvalue weighted by Crippen LogP contribution is 2.16. The number of amides is 1. The Balaban J connectivity index is 2.12. The smallest absolute Gasteiger partial charge is 0.294 e. The van der Waals surface area contributed by atoms with E-state index in [0.717, 1.165) is 6.26 Å². The average Bonchev–Trinajstić information content (AvgIpc) is 2.87. The Kier molecular flexibility index (Phi) is 3.75. The number of methoxy groups -OCH3 is 1. The Labute approximate surface area is 115 Å². The predicted octanol–water partition coefficient (Wildman–Crippen LogP) is 1.34. The zero-order valence-electron chi connectivity index (χ0n) is 10.8. The van der Waals surface area contributed by atoms with Crippen molar-refractivity contribution >= 4 is 21.4 Å². The van der Waals surface area contributed by atoms with Crippen LogP contribution in [0.4, 0.5) is 5.69 Å². The number of sulfone groups is 1. The van der Waals surface area contributed by atoms with Gasteiger partial charge in [-0.05, 0) is 29.4 Å². The highest BCUT2D eigenvalue weighted by Gasteiger charge is 2.14. The first-order chi connectivity index (χ1) is 9.40. The SMILES string of the molecule is COc1cc(C(=O)Nc2ccc(S(C)(=O)=O)cc2)on1. The molecule has 1 aromatic carbocycles. The van der Waals surface area contributed by atoms with Gasteiger partial charge in [-0.2, -0.15) is 0 Å². The topological polar surface area (TPSA) is 98.5 Å². The summed E-state index contributed by atoms with van der Waals surface area (Å²) in [5.41, 5.74) is 0.442. The second kappa shape index (κ2) is 5.33. The van der Waals surface area contributed by atoms with Crippen molar-refractivity contribution in [2.45, 2.75) is 4.90 Å². The Morgan fingerprint density at radius 2 is 1.95 bits per heavy atom. The molecule has 2 rings (SSSR count). The minimum Gasteiger partial charge on any atom is -0.479 e. The van der Waals surface area contributed by atoms with Crippen LogP contribution in [-0.2, 0) is 9.84 Å². The van der Waals surface area contributed by atoms with Crippen molar-refractivity contribution < 1.29 is 22.5 Å². The van der Waals surface area contributed by atoms with Crippen LogP contribution in [0.1, 0.15) is 10.6 Å². The first-order valence-corrected chi connectivity index (χ1v) is 7.41. The number of carbonyl (C=O) groups is 1. The summed E-state index contributed by atoms with van der Waals surface area (Å²) in [4.78, 5) is 12.0. The molecule has 1 aromatic heterocycles. The molecular formula is C12H12N2O5S. The summed E-state index contributed by atoms with van der Waals surface area (Å²) < 4.78 is 32.2. The number of rotatable bonds is 4. The molecule has 0 fully saturated rings. The second-order valence-electron chi connectivity index (χ2n) is 3.98. The molecule has 7 nitrogen and oxygen atoms in total. The maximum atomic E-state index is 11.8. The van der Waals surface area contributed by atoms with Gasteiger partial charge in [-0.1, -0.05) is 0 Å². The zero-order chi connectivity index (χ0) is 14.8. The van der Waals surface area contributed by atoms with Crippen molar-refractivity contribution in [3.8, 4) is 5.88 Å². The first kappa shape index (κ1) is 14.1. The summed E-state index contributed by atoms with van der Waals surface area (Å²) >= 11 is 0. The lowest BCUT2D eigenvalue weighted by atomic mass is 10.3. The van der Waals surface area contributed by atoms with Gasteiger partial charge < -0.3 is 14.6 Å². The molecule has 1 heterocycles. The summed E-state index contributed by atoms with van der Waals surface area (Å²) in [6.45, 7) is 0. The van der Waals surface area contributed by atoms with Crippen LogP contribution in [0, 0.1) is 0 Å². The molecule has 0 saturated carbocycles. The predicted molar refractivity (Wildman–Crippen MR) is 70.6 cm³/mol. The third-order valence-corrected chi connectivity index (χ3v) is 3.59. The van der Waals surface area contributed by atoms with Gasteiger partial charge in [0.05, 0.1) is 18.1 Å². The molecule has 0 unspecified atom stereocenters. The molecule has 0 aliphatic heterocycles. The van der Waals surface area contributed by atoms with Gasteiger partial charge >= 0.3 is 0 Å². The highest BCUT2D eigenvalue weighted by molar-refractivity contribution is 7.90. The summed E-state index contributed by atoms with van der Waals surface area (Å²) in [5.74, 6) is -0.315. The van der Waals surface area contributed by atoms with E-state index in [2.05, 4.69) is 10.5 Å². The van der Waals surface area contributed by atoms with E-state index in [9.17, 15) is 13.2 Å². The van der Waals surface area contributed by atoms with Crippen molar-refractivity contribution in [1.82, 2.24) is 5.16 Å². The highest BCUT2D eigenvalue weighted by atomic mass is 32.2. The third-order valence-electron chi connectivity index (χ3n) is 2.46. The van der Waals surface area contributed by atoms with Crippen LogP contribution in [0.15, 0.2) is 39.8 Å². The summed E-state index contributed by atoms with van der Waals surface area (Å²) in [6, 6.07) is 7.14. The van der Waals surface area contributed by atoms with Crippen molar-refractivity contribution in [2.24, 2.45) is 0 Å². The Hall–Kier alpha value is -2.35. The zero-order valence-corrected chi connectivity index (χ0v) is 11.6. The van der Waals surface area contributed by atoms with Gasteiger partial charge in [0.25, 0.3) is 11.8 Å². The van der Waals surface area contributed by atoms with Crippen LogP contribution in [0.3, 0.4) is 0 Å². The fraction of sp³-hybridized carbons (Fsp3) is 0.167. The number of ether oxygens (including phenoxy) is 1. The van der Waals surface area contributed by atoms with Crippen LogP contribution in [0.2, 0.25) is 0 Å². The number of nitrogens with zero attached hydrogens (tertiary/aromatic N) is 1. The largest absolute Gasteiger partial charge is 0.479 e. The maximum absolute atomic E-state index is 11.8. The second-order valence-corrected chi connectivity index (χ2v) is 6.00. The molecule has 8 heteroatoms. The normalized spacial score (nSPS) is 11.1. The van der Waals surface area contributed by atoms with Gasteiger partial charge in [0.2, 0.25) is 5.76 Å². The number of nitrogens with one attached hydrogen (secondary N) is 1. The summed E-state index contributed by atoms with van der Waals surface area (Å²) in [5, 5.41) is 6.06.